The van der Waals surface area contributed by atoms with Gasteiger partial charge in [-0.15, -0.1) is 11.3 Å². The molecule has 4 aliphatic rings. The summed E-state index contributed by atoms with van der Waals surface area (Å²) in [5.41, 5.74) is 4.02. The van der Waals surface area contributed by atoms with Crippen molar-refractivity contribution in [2.75, 3.05) is 0 Å². The summed E-state index contributed by atoms with van der Waals surface area (Å²) in [5.74, 6) is 10.6. The zero-order chi connectivity index (χ0) is 55.6. The van der Waals surface area contributed by atoms with Crippen molar-refractivity contribution in [3.05, 3.63) is 137 Å². The van der Waals surface area contributed by atoms with E-state index >= 15 is 0 Å². The Hall–Kier alpha value is -2.54. The quantitative estimate of drug-likeness (QED) is 0.105. The summed E-state index contributed by atoms with van der Waals surface area (Å²) in [6.45, 7) is 36.1. The second-order valence-electron chi connectivity index (χ2n) is 24.3. The van der Waals surface area contributed by atoms with E-state index in [1.54, 1.807) is 23.5 Å². The van der Waals surface area contributed by atoms with Crippen molar-refractivity contribution >= 4 is 55.0 Å². The first-order chi connectivity index (χ1) is 35.0. The first-order valence-electron chi connectivity index (χ1n) is 29.5. The third-order valence-corrected chi connectivity index (χ3v) is 18.5. The average molecular weight is 1160 g/mol. The molecule has 8 rings (SSSR count). The molecule has 4 aromatic rings. The number of aryl methyl sites for hydroxylation is 1. The molecule has 3 nitrogen and oxygen atoms in total. The predicted octanol–water partition coefficient (Wildman–Crippen LogP) is 24.3. The van der Waals surface area contributed by atoms with Gasteiger partial charge in [-0.05, 0) is 151 Å². The highest BCUT2D eigenvalue weighted by molar-refractivity contribution is 9.13. The van der Waals surface area contributed by atoms with Gasteiger partial charge in [0.25, 0.3) is 5.69 Å². The largest absolute Gasteiger partial charge is 0.269 e. The Bertz CT molecular complexity index is 1940. The lowest BCUT2D eigenvalue weighted by Gasteiger charge is -2.28. The van der Waals surface area contributed by atoms with Gasteiger partial charge in [0.1, 0.15) is 0 Å². The molecule has 418 valence electrons. The van der Waals surface area contributed by atoms with Gasteiger partial charge in [-0.3, -0.25) is 10.1 Å². The Labute approximate surface area is 478 Å². The van der Waals surface area contributed by atoms with Crippen LogP contribution in [0.5, 0.6) is 0 Å². The standard InChI is InChI=1S/C11H16.C11H14.C9H11NO2.C9H18.C8H16.C7H8Br2S.C7H14.C6H12/c2*1-10(2)8-9-11-6-4-3-5-7-11;1-7(2)8-3-5-9(6-4-8)10(11)12;1-8(2)9-6-4-3-5-7-9;1-7(2)8-5-3-4-6-8;1-4(2)6-3-5(8)7(9)10-6;1-6(2)7-4-3-5-7;1-5(2)6-3-4-6/h3-7,10H,8-9H2,1-2H3;3-10H,1-2H3;3-7H,1-2H3;8-9H,3-7H2,1-2H3;7-8H,3-6H2,1-2H3;3-4H,1-2H3;6-7H,3-5H2,1-2H3;5-6H,3-4H2,1-2H3/b;9-8+;;;;;;. The van der Waals surface area contributed by atoms with Crippen LogP contribution in [0.2, 0.25) is 0 Å². The molecule has 0 amide bonds. The smallest absolute Gasteiger partial charge is 0.258 e. The van der Waals surface area contributed by atoms with Crippen LogP contribution in [0.1, 0.15) is 240 Å². The number of hydrogen-bond acceptors (Lipinski definition) is 3. The van der Waals surface area contributed by atoms with Crippen LogP contribution in [-0.4, -0.2) is 4.92 Å². The van der Waals surface area contributed by atoms with Crippen molar-refractivity contribution in [1.29, 1.82) is 0 Å². The van der Waals surface area contributed by atoms with E-state index in [9.17, 15) is 10.1 Å². The number of rotatable bonds is 12. The molecule has 0 spiro atoms. The minimum Gasteiger partial charge on any atom is -0.258 e. The predicted molar refractivity (Wildman–Crippen MR) is 339 cm³/mol. The molecular formula is C68H109Br2NO2S. The first-order valence-corrected chi connectivity index (χ1v) is 31.9. The monoisotopic (exact) mass is 1160 g/mol. The van der Waals surface area contributed by atoms with Crippen LogP contribution < -0.4 is 0 Å². The Morgan fingerprint density at radius 1 is 0.541 bits per heavy atom. The van der Waals surface area contributed by atoms with Crippen LogP contribution in [0.25, 0.3) is 6.08 Å². The summed E-state index contributed by atoms with van der Waals surface area (Å²) in [4.78, 5) is 11.3. The van der Waals surface area contributed by atoms with E-state index in [2.05, 4.69) is 215 Å². The van der Waals surface area contributed by atoms with Gasteiger partial charge in [0.05, 0.1) is 8.71 Å². The maximum absolute atomic E-state index is 10.3. The third-order valence-electron chi connectivity index (χ3n) is 14.9. The zero-order valence-electron chi connectivity index (χ0n) is 50.0. The molecule has 4 saturated carbocycles. The molecular weight excluding hydrogens is 1050 g/mol. The fraction of sp³-hybridized carbons (Fsp3) is 0.647. The number of thiophene rings is 1. The van der Waals surface area contributed by atoms with Crippen LogP contribution in [0.3, 0.4) is 0 Å². The maximum atomic E-state index is 10.3. The number of allylic oxidation sites excluding steroid dienone is 1. The van der Waals surface area contributed by atoms with Crippen molar-refractivity contribution in [2.24, 2.45) is 59.2 Å². The Kier molecular flexibility index (Phi) is 38.2. The van der Waals surface area contributed by atoms with E-state index in [1.165, 1.54) is 139 Å². The van der Waals surface area contributed by atoms with Gasteiger partial charge in [-0.2, -0.15) is 0 Å². The molecule has 74 heavy (non-hydrogen) atoms. The highest BCUT2D eigenvalue weighted by atomic mass is 79.9. The molecule has 1 aromatic heterocycles. The van der Waals surface area contributed by atoms with Gasteiger partial charge >= 0.3 is 0 Å². The first kappa shape index (κ1) is 69.5. The molecule has 0 atom stereocenters. The van der Waals surface area contributed by atoms with Crippen LogP contribution in [-0.2, 0) is 6.42 Å². The average Bonchev–Trinajstić information content (AvgIpc) is 3.96. The normalized spacial score (nSPS) is 15.6. The van der Waals surface area contributed by atoms with Crippen molar-refractivity contribution in [3.8, 4) is 0 Å². The van der Waals surface area contributed by atoms with Gasteiger partial charge in [0.2, 0.25) is 0 Å². The zero-order valence-corrected chi connectivity index (χ0v) is 54.0. The summed E-state index contributed by atoms with van der Waals surface area (Å²) < 4.78 is 2.36. The van der Waals surface area contributed by atoms with Gasteiger partial charge < -0.3 is 0 Å². The molecule has 3 aromatic carbocycles. The lowest BCUT2D eigenvalue weighted by Crippen LogP contribution is -2.16. The SMILES string of the molecule is CC(C)/C=C/c1ccccc1.CC(C)C1CC1.CC(C)C1CCC1.CC(C)C1CCCC1.CC(C)C1CCCCC1.CC(C)CCc1ccccc1.CC(C)c1cc(Br)c(Br)s1.CC(C)c1ccc([N+](=O)[O-])cc1. The van der Waals surface area contributed by atoms with E-state index < -0.39 is 0 Å². The molecule has 6 heteroatoms. The number of nitrogens with zero attached hydrogens (tertiary/aromatic N) is 1. The van der Waals surface area contributed by atoms with E-state index in [0.29, 0.717) is 17.8 Å². The summed E-state index contributed by atoms with van der Waals surface area (Å²) in [6, 6.07) is 29.9. The summed E-state index contributed by atoms with van der Waals surface area (Å²) >= 11 is 8.70. The van der Waals surface area contributed by atoms with E-state index in [4.69, 9.17) is 0 Å². The maximum Gasteiger partial charge on any atom is 0.269 e. The van der Waals surface area contributed by atoms with Gasteiger partial charge in [-0.25, -0.2) is 0 Å². The fourth-order valence-electron chi connectivity index (χ4n) is 8.89. The molecule has 0 bridgehead atoms. The minimum atomic E-state index is -0.385. The Balaban J connectivity index is 0.000000426. The lowest BCUT2D eigenvalue weighted by molar-refractivity contribution is -0.384. The second kappa shape index (κ2) is 40.6. The minimum absolute atomic E-state index is 0.152. The molecule has 0 aliphatic heterocycles. The summed E-state index contributed by atoms with van der Waals surface area (Å²) in [6.07, 6.45) is 27.8. The van der Waals surface area contributed by atoms with E-state index in [-0.39, 0.29) is 10.6 Å². The number of nitro groups is 1. The van der Waals surface area contributed by atoms with Crippen molar-refractivity contribution in [1.82, 2.24) is 0 Å². The van der Waals surface area contributed by atoms with Gasteiger partial charge in [0, 0.05) is 21.5 Å². The van der Waals surface area contributed by atoms with Crippen LogP contribution in [0.4, 0.5) is 5.69 Å². The highest BCUT2D eigenvalue weighted by Crippen LogP contribution is 2.37. The number of non-ortho nitro benzene ring substituents is 1. The van der Waals surface area contributed by atoms with Gasteiger partial charge in [0.15, 0.2) is 0 Å². The molecule has 4 aliphatic carbocycles. The van der Waals surface area contributed by atoms with Crippen LogP contribution in [0, 0.1) is 69.3 Å². The molecule has 0 radical (unpaired) electrons. The number of benzene rings is 3. The molecule has 0 unspecified atom stereocenters. The Morgan fingerprint density at radius 2 is 0.959 bits per heavy atom. The third kappa shape index (κ3) is 34.3. The second-order valence-corrected chi connectivity index (χ2v) is 27.6. The van der Waals surface area contributed by atoms with Crippen LogP contribution >= 0.6 is 43.2 Å². The van der Waals surface area contributed by atoms with Gasteiger partial charge in [-0.1, -0.05) is 273 Å². The van der Waals surface area contributed by atoms with Crippen molar-refractivity contribution in [3.63, 3.8) is 0 Å². The van der Waals surface area contributed by atoms with Crippen LogP contribution in [0.15, 0.2) is 105 Å². The van der Waals surface area contributed by atoms with Crippen molar-refractivity contribution in [2.45, 2.75) is 225 Å². The van der Waals surface area contributed by atoms with E-state index in [1.807, 2.05) is 6.07 Å². The fourth-order valence-corrected chi connectivity index (χ4v) is 11.0. The molecule has 4 fully saturated rings. The van der Waals surface area contributed by atoms with E-state index in [0.717, 1.165) is 58.8 Å². The number of nitro benzene ring substituents is 1. The molecule has 0 saturated heterocycles. The molecule has 0 N–H and O–H groups in total. The van der Waals surface area contributed by atoms with Crippen molar-refractivity contribution < 1.29 is 4.92 Å². The Morgan fingerprint density at radius 3 is 1.24 bits per heavy atom. The molecule has 1 heterocycles. The lowest BCUT2D eigenvalue weighted by atomic mass is 9.78. The highest BCUT2D eigenvalue weighted by Gasteiger charge is 2.24. The summed E-state index contributed by atoms with van der Waals surface area (Å²) in [7, 11) is 0. The topological polar surface area (TPSA) is 43.1 Å². The summed E-state index contributed by atoms with van der Waals surface area (Å²) in [5, 5.41) is 10.3. The number of halogens is 2. The number of hydrogen-bond donors (Lipinski definition) is 0.